The molecular formula is C16H21N3O. The molecule has 4 heteroatoms. The minimum Gasteiger partial charge on any atom is -0.370 e. The standard InChI is InChI=1S/C16H21N3O/c20-16(11-13-5-1-2-6-13)18-15-8-7-14(12-17-15)19-9-3-4-10-19/h1,5,7-8,12-13H,2-4,6,9-11H2,(H,17,18,20)/t13-/m0/s1. The van der Waals surface area contributed by atoms with E-state index in [-0.39, 0.29) is 5.91 Å². The molecule has 2 aliphatic rings. The molecule has 2 heterocycles. The summed E-state index contributed by atoms with van der Waals surface area (Å²) in [4.78, 5) is 18.6. The van der Waals surface area contributed by atoms with Gasteiger partial charge >= 0.3 is 0 Å². The molecule has 1 amide bonds. The molecule has 0 radical (unpaired) electrons. The first-order valence-corrected chi connectivity index (χ1v) is 7.49. The molecule has 1 aliphatic carbocycles. The van der Waals surface area contributed by atoms with Crippen LogP contribution in [0.1, 0.15) is 32.1 Å². The van der Waals surface area contributed by atoms with Crippen LogP contribution in [-0.4, -0.2) is 24.0 Å². The minimum atomic E-state index is 0.0583. The van der Waals surface area contributed by atoms with Crippen LogP contribution >= 0.6 is 0 Å². The Morgan fingerprint density at radius 1 is 1.35 bits per heavy atom. The van der Waals surface area contributed by atoms with E-state index in [4.69, 9.17) is 0 Å². The van der Waals surface area contributed by atoms with Gasteiger partial charge in [0.25, 0.3) is 0 Å². The highest BCUT2D eigenvalue weighted by atomic mass is 16.1. The van der Waals surface area contributed by atoms with Crippen molar-refractivity contribution in [3.05, 3.63) is 30.5 Å². The number of anilines is 2. The molecule has 0 spiro atoms. The van der Waals surface area contributed by atoms with Crippen molar-refractivity contribution in [3.63, 3.8) is 0 Å². The largest absolute Gasteiger partial charge is 0.370 e. The summed E-state index contributed by atoms with van der Waals surface area (Å²) in [7, 11) is 0. The van der Waals surface area contributed by atoms with Gasteiger partial charge in [-0.1, -0.05) is 12.2 Å². The predicted molar refractivity (Wildman–Crippen MR) is 80.8 cm³/mol. The normalized spacial score (nSPS) is 21.4. The van der Waals surface area contributed by atoms with Crippen molar-refractivity contribution in [2.45, 2.75) is 32.1 Å². The summed E-state index contributed by atoms with van der Waals surface area (Å²) in [6.45, 7) is 2.23. The maximum atomic E-state index is 11.9. The Morgan fingerprint density at radius 3 is 2.85 bits per heavy atom. The van der Waals surface area contributed by atoms with Crippen LogP contribution in [0.25, 0.3) is 0 Å². The Kier molecular flexibility index (Phi) is 4.00. The second-order valence-electron chi connectivity index (χ2n) is 5.61. The smallest absolute Gasteiger partial charge is 0.226 e. The molecule has 1 aromatic heterocycles. The van der Waals surface area contributed by atoms with Gasteiger partial charge in [0.1, 0.15) is 5.82 Å². The SMILES string of the molecule is O=C(C[C@H]1C=CCC1)Nc1ccc(N2CCCC2)cn1. The van der Waals surface area contributed by atoms with Crippen LogP contribution in [0, 0.1) is 5.92 Å². The topological polar surface area (TPSA) is 45.2 Å². The first-order chi connectivity index (χ1) is 9.81. The zero-order valence-corrected chi connectivity index (χ0v) is 11.7. The lowest BCUT2D eigenvalue weighted by Crippen LogP contribution is -2.18. The maximum absolute atomic E-state index is 11.9. The van der Waals surface area contributed by atoms with Gasteiger partial charge in [-0.05, 0) is 43.7 Å². The first kappa shape index (κ1) is 13.2. The van der Waals surface area contributed by atoms with E-state index in [1.54, 1.807) is 0 Å². The molecule has 1 atom stereocenters. The summed E-state index contributed by atoms with van der Waals surface area (Å²) < 4.78 is 0. The molecule has 1 aliphatic heterocycles. The third kappa shape index (κ3) is 3.18. The summed E-state index contributed by atoms with van der Waals surface area (Å²) in [6.07, 6.45) is 11.4. The summed E-state index contributed by atoms with van der Waals surface area (Å²) in [6, 6.07) is 3.94. The van der Waals surface area contributed by atoms with Crippen molar-refractivity contribution in [3.8, 4) is 0 Å². The number of pyridine rings is 1. The molecule has 0 unspecified atom stereocenters. The molecule has 1 aromatic rings. The third-order valence-electron chi connectivity index (χ3n) is 4.05. The lowest BCUT2D eigenvalue weighted by molar-refractivity contribution is -0.116. The van der Waals surface area contributed by atoms with E-state index in [1.165, 1.54) is 12.8 Å². The second kappa shape index (κ2) is 6.07. The number of carbonyl (C=O) groups excluding carboxylic acids is 1. The van der Waals surface area contributed by atoms with Gasteiger partial charge < -0.3 is 10.2 Å². The van der Waals surface area contributed by atoms with Crippen LogP contribution in [0.3, 0.4) is 0 Å². The fourth-order valence-corrected chi connectivity index (χ4v) is 2.92. The van der Waals surface area contributed by atoms with Crippen molar-refractivity contribution < 1.29 is 4.79 Å². The predicted octanol–water partition coefficient (Wildman–Crippen LogP) is 2.98. The molecule has 0 saturated carbocycles. The molecule has 1 N–H and O–H groups in total. The van der Waals surface area contributed by atoms with Gasteiger partial charge in [-0.15, -0.1) is 0 Å². The number of nitrogens with zero attached hydrogens (tertiary/aromatic N) is 2. The fraction of sp³-hybridized carbons (Fsp3) is 0.500. The number of hydrogen-bond donors (Lipinski definition) is 1. The molecule has 1 saturated heterocycles. The number of amides is 1. The van der Waals surface area contributed by atoms with Gasteiger partial charge in [0.15, 0.2) is 0 Å². The maximum Gasteiger partial charge on any atom is 0.226 e. The Morgan fingerprint density at radius 2 is 2.20 bits per heavy atom. The lowest BCUT2D eigenvalue weighted by atomic mass is 10.1. The molecule has 4 nitrogen and oxygen atoms in total. The van der Waals surface area contributed by atoms with Crippen molar-refractivity contribution in [1.29, 1.82) is 0 Å². The number of carbonyl (C=O) groups is 1. The lowest BCUT2D eigenvalue weighted by Gasteiger charge is -2.17. The van der Waals surface area contributed by atoms with Gasteiger partial charge in [0.05, 0.1) is 11.9 Å². The zero-order chi connectivity index (χ0) is 13.8. The van der Waals surface area contributed by atoms with Crippen molar-refractivity contribution >= 4 is 17.4 Å². The van der Waals surface area contributed by atoms with Gasteiger partial charge in [0, 0.05) is 19.5 Å². The highest BCUT2D eigenvalue weighted by Crippen LogP contribution is 2.22. The number of hydrogen-bond acceptors (Lipinski definition) is 3. The van der Waals surface area contributed by atoms with E-state index in [0.29, 0.717) is 18.2 Å². The van der Waals surface area contributed by atoms with E-state index in [2.05, 4.69) is 27.4 Å². The van der Waals surface area contributed by atoms with E-state index < -0.39 is 0 Å². The van der Waals surface area contributed by atoms with Crippen molar-refractivity contribution in [1.82, 2.24) is 4.98 Å². The highest BCUT2D eigenvalue weighted by molar-refractivity contribution is 5.90. The number of aromatic nitrogens is 1. The van der Waals surface area contributed by atoms with Crippen LogP contribution in [0.4, 0.5) is 11.5 Å². The van der Waals surface area contributed by atoms with Crippen LogP contribution in [0.15, 0.2) is 30.5 Å². The van der Waals surface area contributed by atoms with Gasteiger partial charge in [-0.2, -0.15) is 0 Å². The summed E-state index contributed by atoms with van der Waals surface area (Å²) >= 11 is 0. The van der Waals surface area contributed by atoms with Crippen molar-refractivity contribution in [2.75, 3.05) is 23.3 Å². The average Bonchev–Trinajstić information content (AvgIpc) is 3.12. The molecule has 3 rings (SSSR count). The number of nitrogens with one attached hydrogen (secondary N) is 1. The van der Waals surface area contributed by atoms with Crippen LogP contribution < -0.4 is 10.2 Å². The molecule has 0 bridgehead atoms. The monoisotopic (exact) mass is 271 g/mol. The second-order valence-corrected chi connectivity index (χ2v) is 5.61. The molecule has 0 aromatic carbocycles. The van der Waals surface area contributed by atoms with E-state index in [9.17, 15) is 4.79 Å². The third-order valence-corrected chi connectivity index (χ3v) is 4.05. The van der Waals surface area contributed by atoms with E-state index >= 15 is 0 Å². The summed E-state index contributed by atoms with van der Waals surface area (Å²) in [5, 5.41) is 2.88. The van der Waals surface area contributed by atoms with E-state index in [0.717, 1.165) is 31.6 Å². The molecule has 20 heavy (non-hydrogen) atoms. The van der Waals surface area contributed by atoms with Crippen LogP contribution in [-0.2, 0) is 4.79 Å². The van der Waals surface area contributed by atoms with Gasteiger partial charge in [-0.3, -0.25) is 4.79 Å². The quantitative estimate of drug-likeness (QED) is 0.856. The number of allylic oxidation sites excluding steroid dienone is 2. The molecule has 1 fully saturated rings. The average molecular weight is 271 g/mol. The molecule has 106 valence electrons. The Bertz CT molecular complexity index is 489. The van der Waals surface area contributed by atoms with Crippen LogP contribution in [0.5, 0.6) is 0 Å². The first-order valence-electron chi connectivity index (χ1n) is 7.49. The number of rotatable bonds is 4. The highest BCUT2D eigenvalue weighted by Gasteiger charge is 2.15. The summed E-state index contributed by atoms with van der Waals surface area (Å²) in [5.41, 5.74) is 1.15. The molecular weight excluding hydrogens is 250 g/mol. The van der Waals surface area contributed by atoms with Gasteiger partial charge in [0.2, 0.25) is 5.91 Å². The van der Waals surface area contributed by atoms with Gasteiger partial charge in [-0.25, -0.2) is 4.98 Å². The Hall–Kier alpha value is -1.84. The zero-order valence-electron chi connectivity index (χ0n) is 11.7. The Balaban J connectivity index is 1.54. The van der Waals surface area contributed by atoms with Crippen molar-refractivity contribution in [2.24, 2.45) is 5.92 Å². The minimum absolute atomic E-state index is 0.0583. The summed E-state index contributed by atoms with van der Waals surface area (Å²) in [5.74, 6) is 1.11. The van der Waals surface area contributed by atoms with Crippen LogP contribution in [0.2, 0.25) is 0 Å². The Labute approximate surface area is 119 Å². The fourth-order valence-electron chi connectivity index (χ4n) is 2.92. The van der Waals surface area contributed by atoms with E-state index in [1.807, 2.05) is 18.3 Å².